The van der Waals surface area contributed by atoms with E-state index in [1.807, 2.05) is 24.3 Å². The summed E-state index contributed by atoms with van der Waals surface area (Å²) < 4.78 is 18.7. The van der Waals surface area contributed by atoms with Crippen molar-refractivity contribution in [1.29, 1.82) is 5.26 Å². The Balaban J connectivity index is 1.46. The summed E-state index contributed by atoms with van der Waals surface area (Å²) in [7, 11) is 0. The van der Waals surface area contributed by atoms with Crippen LogP contribution in [0.1, 0.15) is 5.56 Å². The van der Waals surface area contributed by atoms with Crippen LogP contribution in [0, 0.1) is 17.1 Å². The van der Waals surface area contributed by atoms with Crippen LogP contribution in [0.4, 0.5) is 10.1 Å². The predicted molar refractivity (Wildman–Crippen MR) is 91.7 cm³/mol. The number of hydrogen-bond acceptors (Lipinski definition) is 4. The Kier molecular flexibility index (Phi) is 5.29. The van der Waals surface area contributed by atoms with E-state index in [2.05, 4.69) is 15.9 Å². The van der Waals surface area contributed by atoms with Crippen molar-refractivity contribution >= 4 is 5.69 Å². The molecular weight excluding hydrogens is 305 g/mol. The van der Waals surface area contributed by atoms with Gasteiger partial charge in [-0.1, -0.05) is 18.2 Å². The Morgan fingerprint density at radius 3 is 2.58 bits per heavy atom. The minimum atomic E-state index is -0.280. The highest BCUT2D eigenvalue weighted by molar-refractivity contribution is 5.59. The minimum Gasteiger partial charge on any atom is -0.492 e. The number of benzene rings is 2. The maximum absolute atomic E-state index is 13.1. The highest BCUT2D eigenvalue weighted by Gasteiger charge is 2.18. The summed E-state index contributed by atoms with van der Waals surface area (Å²) in [6, 6.07) is 16.2. The predicted octanol–water partition coefficient (Wildman–Crippen LogP) is 2.90. The molecule has 2 aromatic rings. The first-order valence-electron chi connectivity index (χ1n) is 8.11. The van der Waals surface area contributed by atoms with Crippen LogP contribution in [0.5, 0.6) is 5.75 Å². The van der Waals surface area contributed by atoms with Crippen LogP contribution in [-0.4, -0.2) is 44.2 Å². The van der Waals surface area contributed by atoms with Gasteiger partial charge in [-0.25, -0.2) is 4.39 Å². The number of ether oxygens (including phenoxy) is 1. The molecule has 0 radical (unpaired) electrons. The second-order valence-electron chi connectivity index (χ2n) is 5.76. The van der Waals surface area contributed by atoms with Crippen molar-refractivity contribution in [3.8, 4) is 11.8 Å². The molecule has 0 unspecified atom stereocenters. The number of rotatable bonds is 5. The fraction of sp³-hybridized carbons (Fsp3) is 0.316. The number of nitrogens with zero attached hydrogens (tertiary/aromatic N) is 3. The first kappa shape index (κ1) is 16.3. The highest BCUT2D eigenvalue weighted by Crippen LogP contribution is 2.21. The van der Waals surface area contributed by atoms with Gasteiger partial charge in [-0.15, -0.1) is 0 Å². The molecule has 0 amide bonds. The molecule has 0 atom stereocenters. The summed E-state index contributed by atoms with van der Waals surface area (Å²) in [5.41, 5.74) is 1.73. The standard InChI is InChI=1S/C19H20FN3O/c20-17-5-3-6-18(14-17)24-13-12-22-8-10-23(11-9-22)19-7-2-1-4-16(19)15-21/h1-7,14H,8-13H2. The Bertz CT molecular complexity index is 721. The van der Waals surface area contributed by atoms with Crippen molar-refractivity contribution < 1.29 is 9.13 Å². The molecule has 1 saturated heterocycles. The SMILES string of the molecule is N#Cc1ccccc1N1CCN(CCOc2cccc(F)c2)CC1. The number of halogens is 1. The summed E-state index contributed by atoms with van der Waals surface area (Å²) >= 11 is 0. The van der Waals surface area contributed by atoms with E-state index in [4.69, 9.17) is 4.74 Å². The van der Waals surface area contributed by atoms with Crippen molar-refractivity contribution in [2.24, 2.45) is 0 Å². The van der Waals surface area contributed by atoms with Crippen LogP contribution >= 0.6 is 0 Å². The van der Waals surface area contributed by atoms with Gasteiger partial charge in [0, 0.05) is 38.8 Å². The molecule has 0 saturated carbocycles. The quantitative estimate of drug-likeness (QED) is 0.847. The molecule has 4 nitrogen and oxygen atoms in total. The lowest BCUT2D eigenvalue weighted by atomic mass is 10.1. The Labute approximate surface area is 141 Å². The third-order valence-electron chi connectivity index (χ3n) is 4.21. The number of para-hydroxylation sites is 1. The lowest BCUT2D eigenvalue weighted by Crippen LogP contribution is -2.47. The molecule has 1 fully saturated rings. The van der Waals surface area contributed by atoms with Crippen molar-refractivity contribution in [3.05, 3.63) is 59.9 Å². The van der Waals surface area contributed by atoms with Crippen molar-refractivity contribution in [1.82, 2.24) is 4.90 Å². The highest BCUT2D eigenvalue weighted by atomic mass is 19.1. The molecule has 1 aliphatic heterocycles. The van der Waals surface area contributed by atoms with E-state index in [-0.39, 0.29) is 5.82 Å². The van der Waals surface area contributed by atoms with E-state index in [1.165, 1.54) is 12.1 Å². The molecule has 0 aliphatic carbocycles. The third-order valence-corrected chi connectivity index (χ3v) is 4.21. The zero-order valence-electron chi connectivity index (χ0n) is 13.5. The third kappa shape index (κ3) is 4.03. The van der Waals surface area contributed by atoms with Gasteiger partial charge in [-0.2, -0.15) is 5.26 Å². The molecule has 2 aromatic carbocycles. The normalized spacial score (nSPS) is 15.1. The molecule has 124 valence electrons. The monoisotopic (exact) mass is 325 g/mol. The van der Waals surface area contributed by atoms with E-state index in [1.54, 1.807) is 12.1 Å². The molecule has 24 heavy (non-hydrogen) atoms. The van der Waals surface area contributed by atoms with Crippen LogP contribution in [0.3, 0.4) is 0 Å². The summed E-state index contributed by atoms with van der Waals surface area (Å²) in [5, 5.41) is 9.21. The molecular formula is C19H20FN3O. The zero-order chi connectivity index (χ0) is 16.8. The first-order valence-corrected chi connectivity index (χ1v) is 8.11. The van der Waals surface area contributed by atoms with Crippen LogP contribution < -0.4 is 9.64 Å². The van der Waals surface area contributed by atoms with E-state index >= 15 is 0 Å². The topological polar surface area (TPSA) is 39.5 Å². The van der Waals surface area contributed by atoms with Gasteiger partial charge in [0.1, 0.15) is 24.2 Å². The van der Waals surface area contributed by atoms with Gasteiger partial charge >= 0.3 is 0 Å². The first-order chi connectivity index (χ1) is 11.8. The average molecular weight is 325 g/mol. The summed E-state index contributed by atoms with van der Waals surface area (Å²) in [4.78, 5) is 4.58. The van der Waals surface area contributed by atoms with Gasteiger partial charge in [0.25, 0.3) is 0 Å². The molecule has 5 heteroatoms. The zero-order valence-corrected chi connectivity index (χ0v) is 13.5. The second-order valence-corrected chi connectivity index (χ2v) is 5.76. The van der Waals surface area contributed by atoms with Gasteiger partial charge in [-0.05, 0) is 24.3 Å². The fourth-order valence-electron chi connectivity index (χ4n) is 2.91. The Hall–Kier alpha value is -2.58. The minimum absolute atomic E-state index is 0.280. The molecule has 1 aliphatic rings. The van der Waals surface area contributed by atoms with Gasteiger partial charge in [0.15, 0.2) is 0 Å². The molecule has 0 N–H and O–H groups in total. The van der Waals surface area contributed by atoms with Gasteiger partial charge in [0.05, 0.1) is 11.3 Å². The molecule has 3 rings (SSSR count). The second kappa shape index (κ2) is 7.80. The summed E-state index contributed by atoms with van der Waals surface area (Å²) in [5.74, 6) is 0.286. The summed E-state index contributed by atoms with van der Waals surface area (Å²) in [6.07, 6.45) is 0. The van der Waals surface area contributed by atoms with Gasteiger partial charge in [-0.3, -0.25) is 4.90 Å². The number of anilines is 1. The summed E-state index contributed by atoms with van der Waals surface area (Å²) in [6.45, 7) is 4.97. The molecule has 0 aromatic heterocycles. The Morgan fingerprint density at radius 2 is 1.83 bits per heavy atom. The fourth-order valence-corrected chi connectivity index (χ4v) is 2.91. The lowest BCUT2D eigenvalue weighted by molar-refractivity contribution is 0.200. The van der Waals surface area contributed by atoms with E-state index in [9.17, 15) is 9.65 Å². The van der Waals surface area contributed by atoms with E-state index in [0.717, 1.165) is 44.0 Å². The number of nitriles is 1. The smallest absolute Gasteiger partial charge is 0.126 e. The van der Waals surface area contributed by atoms with Crippen LogP contribution in [0.25, 0.3) is 0 Å². The van der Waals surface area contributed by atoms with Crippen molar-refractivity contribution in [2.45, 2.75) is 0 Å². The molecule has 1 heterocycles. The number of hydrogen-bond donors (Lipinski definition) is 0. The number of piperazine rings is 1. The largest absolute Gasteiger partial charge is 0.492 e. The maximum Gasteiger partial charge on any atom is 0.126 e. The average Bonchev–Trinajstić information content (AvgIpc) is 2.62. The van der Waals surface area contributed by atoms with Crippen molar-refractivity contribution in [2.75, 3.05) is 44.2 Å². The van der Waals surface area contributed by atoms with E-state index in [0.29, 0.717) is 12.4 Å². The van der Waals surface area contributed by atoms with Crippen LogP contribution in [0.2, 0.25) is 0 Å². The van der Waals surface area contributed by atoms with Gasteiger partial charge in [0.2, 0.25) is 0 Å². The maximum atomic E-state index is 13.1. The Morgan fingerprint density at radius 1 is 1.04 bits per heavy atom. The van der Waals surface area contributed by atoms with E-state index < -0.39 is 0 Å². The van der Waals surface area contributed by atoms with Crippen LogP contribution in [-0.2, 0) is 0 Å². The van der Waals surface area contributed by atoms with Crippen molar-refractivity contribution in [3.63, 3.8) is 0 Å². The lowest BCUT2D eigenvalue weighted by Gasteiger charge is -2.36. The van der Waals surface area contributed by atoms with Crippen LogP contribution in [0.15, 0.2) is 48.5 Å². The molecule has 0 bridgehead atoms. The van der Waals surface area contributed by atoms with Gasteiger partial charge < -0.3 is 9.64 Å². The molecule has 0 spiro atoms.